The van der Waals surface area contributed by atoms with Crippen LogP contribution in [0.15, 0.2) is 24.3 Å². The number of ether oxygens (including phenoxy) is 1. The first-order valence-corrected chi connectivity index (χ1v) is 5.50. The van der Waals surface area contributed by atoms with Crippen LogP contribution in [0.5, 0.6) is 0 Å². The van der Waals surface area contributed by atoms with Gasteiger partial charge in [-0.15, -0.1) is 0 Å². The van der Waals surface area contributed by atoms with E-state index in [9.17, 15) is 0 Å². The van der Waals surface area contributed by atoms with Crippen LogP contribution in [0.3, 0.4) is 0 Å². The summed E-state index contributed by atoms with van der Waals surface area (Å²) in [6.07, 6.45) is 3.71. The van der Waals surface area contributed by atoms with Crippen LogP contribution in [0.1, 0.15) is 31.7 Å². The molecule has 0 unspecified atom stereocenters. The highest BCUT2D eigenvalue weighted by molar-refractivity contribution is 6.30. The standard InChI is InChI=1S/C12H13ClO/c1-11(12(14-11)6-3-7-12)9-4-2-5-10(13)8-9/h2,4-5,8H,3,6-7H2,1H3/t11-/m1/s1. The van der Waals surface area contributed by atoms with E-state index in [0.29, 0.717) is 0 Å². The second kappa shape index (κ2) is 2.53. The SMILES string of the molecule is C[C@]1(c2cccc(Cl)c2)OC12CCC2. The van der Waals surface area contributed by atoms with Crippen LogP contribution in [-0.2, 0) is 10.3 Å². The molecule has 1 spiro atoms. The first kappa shape index (κ1) is 8.75. The lowest BCUT2D eigenvalue weighted by atomic mass is 9.74. The highest BCUT2D eigenvalue weighted by Crippen LogP contribution is 2.65. The van der Waals surface area contributed by atoms with Gasteiger partial charge in [-0.05, 0) is 43.9 Å². The Balaban J connectivity index is 1.97. The van der Waals surface area contributed by atoms with Crippen molar-refractivity contribution in [2.75, 3.05) is 0 Å². The third kappa shape index (κ3) is 0.945. The molecule has 1 aliphatic carbocycles. The number of hydrogen-bond acceptors (Lipinski definition) is 1. The van der Waals surface area contributed by atoms with E-state index in [1.165, 1.54) is 24.8 Å². The molecule has 2 fully saturated rings. The van der Waals surface area contributed by atoms with Crippen molar-refractivity contribution in [2.45, 2.75) is 37.4 Å². The maximum atomic E-state index is 5.98. The van der Waals surface area contributed by atoms with E-state index in [1.54, 1.807) is 0 Å². The number of benzene rings is 1. The predicted molar refractivity (Wildman–Crippen MR) is 56.5 cm³/mol. The fourth-order valence-electron chi connectivity index (χ4n) is 2.55. The second-order valence-electron chi connectivity index (χ2n) is 4.49. The molecule has 14 heavy (non-hydrogen) atoms. The highest BCUT2D eigenvalue weighted by atomic mass is 35.5. The molecule has 1 saturated heterocycles. The topological polar surface area (TPSA) is 12.5 Å². The Morgan fingerprint density at radius 1 is 1.36 bits per heavy atom. The maximum absolute atomic E-state index is 5.98. The molecule has 1 nitrogen and oxygen atoms in total. The molecule has 1 aromatic carbocycles. The molecule has 2 heteroatoms. The van der Waals surface area contributed by atoms with Crippen molar-refractivity contribution in [1.82, 2.24) is 0 Å². The minimum Gasteiger partial charge on any atom is -0.358 e. The fraction of sp³-hybridized carbons (Fsp3) is 0.500. The van der Waals surface area contributed by atoms with Gasteiger partial charge in [0.1, 0.15) is 11.2 Å². The number of rotatable bonds is 1. The Kier molecular flexibility index (Phi) is 1.58. The van der Waals surface area contributed by atoms with E-state index < -0.39 is 0 Å². The van der Waals surface area contributed by atoms with Crippen LogP contribution in [0.4, 0.5) is 0 Å². The lowest BCUT2D eigenvalue weighted by Crippen LogP contribution is -2.29. The largest absolute Gasteiger partial charge is 0.358 e. The minimum absolute atomic E-state index is 0.0594. The molecule has 0 amide bonds. The summed E-state index contributed by atoms with van der Waals surface area (Å²) in [5.74, 6) is 0. The molecule has 1 atom stereocenters. The molecular formula is C12H13ClO. The van der Waals surface area contributed by atoms with E-state index in [2.05, 4.69) is 13.0 Å². The van der Waals surface area contributed by atoms with Gasteiger partial charge in [0.05, 0.1) is 0 Å². The van der Waals surface area contributed by atoms with Crippen LogP contribution < -0.4 is 0 Å². The van der Waals surface area contributed by atoms with E-state index in [4.69, 9.17) is 16.3 Å². The highest BCUT2D eigenvalue weighted by Gasteiger charge is 2.70. The van der Waals surface area contributed by atoms with Gasteiger partial charge in [0, 0.05) is 5.02 Å². The fourth-order valence-corrected chi connectivity index (χ4v) is 2.74. The summed E-state index contributed by atoms with van der Waals surface area (Å²) in [7, 11) is 0. The molecule has 3 rings (SSSR count). The Hall–Kier alpha value is -0.530. The van der Waals surface area contributed by atoms with Crippen LogP contribution >= 0.6 is 11.6 Å². The molecule has 1 heterocycles. The van der Waals surface area contributed by atoms with Crippen molar-refractivity contribution in [3.8, 4) is 0 Å². The van der Waals surface area contributed by atoms with Gasteiger partial charge in [0.15, 0.2) is 0 Å². The van der Waals surface area contributed by atoms with Crippen molar-refractivity contribution in [3.05, 3.63) is 34.9 Å². The average molecular weight is 209 g/mol. The lowest BCUT2D eigenvalue weighted by molar-refractivity contribution is 0.194. The van der Waals surface area contributed by atoms with E-state index in [0.717, 1.165) is 5.02 Å². The smallest absolute Gasteiger partial charge is 0.120 e. The van der Waals surface area contributed by atoms with Crippen molar-refractivity contribution in [2.24, 2.45) is 0 Å². The van der Waals surface area contributed by atoms with Crippen LogP contribution in [0.2, 0.25) is 5.02 Å². The van der Waals surface area contributed by atoms with Crippen LogP contribution in [-0.4, -0.2) is 5.60 Å². The van der Waals surface area contributed by atoms with Gasteiger partial charge in [0.2, 0.25) is 0 Å². The molecule has 0 bridgehead atoms. The zero-order valence-corrected chi connectivity index (χ0v) is 8.97. The summed E-state index contributed by atoms with van der Waals surface area (Å²) >= 11 is 5.98. The van der Waals surface area contributed by atoms with E-state index >= 15 is 0 Å². The monoisotopic (exact) mass is 208 g/mol. The van der Waals surface area contributed by atoms with E-state index in [-0.39, 0.29) is 11.2 Å². The number of hydrogen-bond donors (Lipinski definition) is 0. The molecule has 74 valence electrons. The molecule has 1 saturated carbocycles. The molecule has 0 N–H and O–H groups in total. The molecule has 0 aromatic heterocycles. The van der Waals surface area contributed by atoms with Crippen molar-refractivity contribution in [3.63, 3.8) is 0 Å². The third-order valence-electron chi connectivity index (χ3n) is 3.76. The van der Waals surface area contributed by atoms with Gasteiger partial charge in [-0.2, -0.15) is 0 Å². The van der Waals surface area contributed by atoms with Crippen LogP contribution in [0, 0.1) is 0 Å². The molecule has 2 aliphatic rings. The molecule has 0 radical (unpaired) electrons. The quantitative estimate of drug-likeness (QED) is 0.644. The van der Waals surface area contributed by atoms with Crippen molar-refractivity contribution in [1.29, 1.82) is 0 Å². The summed E-state index contributed by atoms with van der Waals surface area (Å²) in [6, 6.07) is 8.04. The first-order valence-electron chi connectivity index (χ1n) is 5.13. The first-order chi connectivity index (χ1) is 6.66. The van der Waals surface area contributed by atoms with Crippen molar-refractivity contribution >= 4 is 11.6 Å². The normalized spacial score (nSPS) is 32.7. The van der Waals surface area contributed by atoms with Crippen molar-refractivity contribution < 1.29 is 4.74 Å². The Bertz CT molecular complexity index is 384. The van der Waals surface area contributed by atoms with Gasteiger partial charge in [-0.3, -0.25) is 0 Å². The molecule has 1 aromatic rings. The molecule has 1 aliphatic heterocycles. The molecular weight excluding hydrogens is 196 g/mol. The maximum Gasteiger partial charge on any atom is 0.120 e. The van der Waals surface area contributed by atoms with Gasteiger partial charge in [-0.1, -0.05) is 23.7 Å². The van der Waals surface area contributed by atoms with E-state index in [1.807, 2.05) is 18.2 Å². The summed E-state index contributed by atoms with van der Waals surface area (Å²) in [4.78, 5) is 0. The van der Waals surface area contributed by atoms with Gasteiger partial charge in [0.25, 0.3) is 0 Å². The Morgan fingerprint density at radius 2 is 2.14 bits per heavy atom. The Morgan fingerprint density at radius 3 is 2.64 bits per heavy atom. The number of halogens is 1. The zero-order chi connectivity index (χ0) is 9.81. The van der Waals surface area contributed by atoms with Gasteiger partial charge >= 0.3 is 0 Å². The van der Waals surface area contributed by atoms with Crippen LogP contribution in [0.25, 0.3) is 0 Å². The van der Waals surface area contributed by atoms with Gasteiger partial charge < -0.3 is 4.74 Å². The minimum atomic E-state index is -0.0594. The lowest BCUT2D eigenvalue weighted by Gasteiger charge is -2.25. The number of epoxide rings is 1. The third-order valence-corrected chi connectivity index (χ3v) is 4.00. The predicted octanol–water partition coefficient (Wildman–Crippen LogP) is 3.51. The Labute approximate surface area is 89.0 Å². The zero-order valence-electron chi connectivity index (χ0n) is 8.22. The average Bonchev–Trinajstić information content (AvgIpc) is 2.74. The second-order valence-corrected chi connectivity index (χ2v) is 4.93. The summed E-state index contributed by atoms with van der Waals surface area (Å²) in [6.45, 7) is 2.18. The summed E-state index contributed by atoms with van der Waals surface area (Å²) in [5.41, 5.74) is 1.33. The summed E-state index contributed by atoms with van der Waals surface area (Å²) < 4.78 is 5.91. The van der Waals surface area contributed by atoms with Gasteiger partial charge in [-0.25, -0.2) is 0 Å². The summed E-state index contributed by atoms with van der Waals surface area (Å²) in [5, 5.41) is 0.800.